The zero-order valence-corrected chi connectivity index (χ0v) is 17.1. The Morgan fingerprint density at radius 1 is 1.03 bits per heavy atom. The first-order valence-electron chi connectivity index (χ1n) is 9.67. The number of carbonyl (C=O) groups excluding carboxylic acids is 1. The van der Waals surface area contributed by atoms with E-state index < -0.39 is 10.0 Å². The lowest BCUT2D eigenvalue weighted by Crippen LogP contribution is -2.40. The Balaban J connectivity index is 1.40. The van der Waals surface area contributed by atoms with Gasteiger partial charge in [0.15, 0.2) is 0 Å². The molecule has 0 bridgehead atoms. The monoisotopic (exact) mass is 418 g/mol. The van der Waals surface area contributed by atoms with E-state index in [0.717, 1.165) is 11.3 Å². The predicted molar refractivity (Wildman–Crippen MR) is 109 cm³/mol. The molecule has 1 aliphatic rings. The molecule has 0 radical (unpaired) electrons. The molecule has 29 heavy (non-hydrogen) atoms. The number of hydrogen-bond donors (Lipinski definition) is 1. The van der Waals surface area contributed by atoms with Crippen LogP contribution in [0, 0.1) is 0 Å². The second-order valence-electron chi connectivity index (χ2n) is 6.67. The number of amides is 1. The molecule has 1 amide bonds. The fraction of sp³-hybridized carbons (Fsp3) is 0.381. The highest BCUT2D eigenvalue weighted by molar-refractivity contribution is 7.89. The van der Waals surface area contributed by atoms with Gasteiger partial charge in [0.25, 0.3) is 0 Å². The lowest BCUT2D eigenvalue weighted by atomic mass is 10.1. The van der Waals surface area contributed by atoms with E-state index in [1.54, 1.807) is 24.3 Å². The summed E-state index contributed by atoms with van der Waals surface area (Å²) in [7, 11) is -3.48. The molecule has 156 valence electrons. The van der Waals surface area contributed by atoms with Crippen LogP contribution < -0.4 is 10.1 Å². The van der Waals surface area contributed by atoms with Gasteiger partial charge in [-0.25, -0.2) is 8.42 Å². The second kappa shape index (κ2) is 10.4. The van der Waals surface area contributed by atoms with E-state index in [1.807, 2.05) is 30.3 Å². The third kappa shape index (κ3) is 6.28. The van der Waals surface area contributed by atoms with E-state index in [-0.39, 0.29) is 17.2 Å². The highest BCUT2D eigenvalue weighted by Crippen LogP contribution is 2.17. The van der Waals surface area contributed by atoms with Gasteiger partial charge in [0.1, 0.15) is 5.75 Å². The van der Waals surface area contributed by atoms with E-state index in [4.69, 9.17) is 9.47 Å². The van der Waals surface area contributed by atoms with Crippen LogP contribution in [0.4, 0.5) is 0 Å². The minimum atomic E-state index is -3.48. The van der Waals surface area contributed by atoms with Gasteiger partial charge in [-0.15, -0.1) is 0 Å². The number of hydrogen-bond acceptors (Lipinski definition) is 5. The van der Waals surface area contributed by atoms with Crippen molar-refractivity contribution in [2.75, 3.05) is 39.5 Å². The van der Waals surface area contributed by atoms with Crippen molar-refractivity contribution in [2.45, 2.75) is 17.7 Å². The second-order valence-corrected chi connectivity index (χ2v) is 8.61. The zero-order chi connectivity index (χ0) is 20.5. The van der Waals surface area contributed by atoms with Crippen LogP contribution in [0.3, 0.4) is 0 Å². The third-order valence-corrected chi connectivity index (χ3v) is 6.52. The smallest absolute Gasteiger partial charge is 0.243 e. The molecule has 1 heterocycles. The number of ether oxygens (including phenoxy) is 2. The van der Waals surface area contributed by atoms with Crippen LogP contribution in [0.25, 0.3) is 0 Å². The Morgan fingerprint density at radius 2 is 1.72 bits per heavy atom. The summed E-state index contributed by atoms with van der Waals surface area (Å²) in [6.45, 7) is 2.42. The lowest BCUT2D eigenvalue weighted by Gasteiger charge is -2.26. The van der Waals surface area contributed by atoms with Crippen LogP contribution in [-0.2, 0) is 26.0 Å². The molecule has 3 rings (SSSR count). The summed E-state index contributed by atoms with van der Waals surface area (Å²) >= 11 is 0. The van der Waals surface area contributed by atoms with E-state index in [2.05, 4.69) is 5.32 Å². The third-order valence-electron chi connectivity index (χ3n) is 4.61. The van der Waals surface area contributed by atoms with Crippen LogP contribution in [-0.4, -0.2) is 58.1 Å². The number of nitrogens with one attached hydrogen (secondary N) is 1. The van der Waals surface area contributed by atoms with Gasteiger partial charge < -0.3 is 14.8 Å². The van der Waals surface area contributed by atoms with E-state index in [9.17, 15) is 13.2 Å². The van der Waals surface area contributed by atoms with Crippen LogP contribution in [0.5, 0.6) is 5.75 Å². The fourth-order valence-corrected chi connectivity index (χ4v) is 4.39. The van der Waals surface area contributed by atoms with Crippen molar-refractivity contribution in [1.82, 2.24) is 9.62 Å². The fourth-order valence-electron chi connectivity index (χ4n) is 2.98. The van der Waals surface area contributed by atoms with E-state index >= 15 is 0 Å². The largest absolute Gasteiger partial charge is 0.493 e. The number of rotatable bonds is 9. The number of benzene rings is 2. The average Bonchev–Trinajstić information content (AvgIpc) is 2.75. The number of carbonyl (C=O) groups is 1. The summed E-state index contributed by atoms with van der Waals surface area (Å²) in [4.78, 5) is 12.2. The Kier molecular flexibility index (Phi) is 7.62. The molecule has 1 N–H and O–H groups in total. The normalized spacial score (nSPS) is 15.0. The number of nitrogens with zero attached hydrogens (tertiary/aromatic N) is 1. The molecule has 0 spiro atoms. The van der Waals surface area contributed by atoms with E-state index in [1.165, 1.54) is 4.31 Å². The molecule has 2 aromatic carbocycles. The van der Waals surface area contributed by atoms with Crippen LogP contribution in [0.2, 0.25) is 0 Å². The van der Waals surface area contributed by atoms with Gasteiger partial charge in [-0.3, -0.25) is 4.79 Å². The van der Waals surface area contributed by atoms with Gasteiger partial charge in [-0.1, -0.05) is 30.3 Å². The molecule has 1 saturated heterocycles. The van der Waals surface area contributed by atoms with Crippen molar-refractivity contribution >= 4 is 15.9 Å². The summed E-state index contributed by atoms with van der Waals surface area (Å²) < 4.78 is 37.4. The van der Waals surface area contributed by atoms with Crippen molar-refractivity contribution in [3.8, 4) is 5.75 Å². The Morgan fingerprint density at radius 3 is 2.41 bits per heavy atom. The Bertz CT molecular complexity index is 879. The van der Waals surface area contributed by atoms with Crippen LogP contribution in [0.15, 0.2) is 59.5 Å². The SMILES string of the molecule is O=C(CCOc1ccccc1)NCCc1ccc(S(=O)(=O)N2CCOCC2)cc1. The average molecular weight is 419 g/mol. The lowest BCUT2D eigenvalue weighted by molar-refractivity contribution is -0.121. The maximum Gasteiger partial charge on any atom is 0.243 e. The maximum atomic E-state index is 12.6. The summed E-state index contributed by atoms with van der Waals surface area (Å²) in [5.74, 6) is 0.667. The molecule has 0 unspecified atom stereocenters. The molecule has 7 nitrogen and oxygen atoms in total. The summed E-state index contributed by atoms with van der Waals surface area (Å²) in [6.07, 6.45) is 0.911. The predicted octanol–water partition coefficient (Wildman–Crippen LogP) is 1.84. The van der Waals surface area contributed by atoms with Crippen molar-refractivity contribution in [3.63, 3.8) is 0 Å². The van der Waals surface area contributed by atoms with Gasteiger partial charge >= 0.3 is 0 Å². The van der Waals surface area contributed by atoms with Crippen molar-refractivity contribution in [3.05, 3.63) is 60.2 Å². The first kappa shape index (κ1) is 21.3. The topological polar surface area (TPSA) is 84.9 Å². The van der Waals surface area contributed by atoms with E-state index in [0.29, 0.717) is 45.9 Å². The molecule has 8 heteroatoms. The Hall–Kier alpha value is -2.42. The molecular weight excluding hydrogens is 392 g/mol. The van der Waals surface area contributed by atoms with Crippen LogP contribution >= 0.6 is 0 Å². The molecular formula is C21H26N2O5S. The summed E-state index contributed by atoms with van der Waals surface area (Å²) in [5.41, 5.74) is 0.965. The molecule has 0 atom stereocenters. The quantitative estimate of drug-likeness (QED) is 0.672. The molecule has 0 saturated carbocycles. The molecule has 2 aromatic rings. The van der Waals surface area contributed by atoms with Gasteiger partial charge in [0.2, 0.25) is 15.9 Å². The van der Waals surface area contributed by atoms with Crippen molar-refractivity contribution < 1.29 is 22.7 Å². The van der Waals surface area contributed by atoms with Crippen molar-refractivity contribution in [1.29, 1.82) is 0 Å². The number of sulfonamides is 1. The Labute approximate surface area is 171 Å². The first-order chi connectivity index (χ1) is 14.1. The molecule has 1 fully saturated rings. The highest BCUT2D eigenvalue weighted by atomic mass is 32.2. The van der Waals surface area contributed by atoms with Gasteiger partial charge in [0, 0.05) is 19.6 Å². The van der Waals surface area contributed by atoms with Crippen molar-refractivity contribution in [2.24, 2.45) is 0 Å². The standard InChI is InChI=1S/C21H26N2O5S/c24-21(11-15-28-19-4-2-1-3-5-19)22-12-10-18-6-8-20(9-7-18)29(25,26)23-13-16-27-17-14-23/h1-9H,10-17H2,(H,22,24). The maximum absolute atomic E-state index is 12.6. The van der Waals surface area contributed by atoms with Crippen LogP contribution in [0.1, 0.15) is 12.0 Å². The van der Waals surface area contributed by atoms with Gasteiger partial charge in [-0.2, -0.15) is 4.31 Å². The minimum absolute atomic E-state index is 0.0764. The first-order valence-corrected chi connectivity index (χ1v) is 11.1. The molecule has 1 aliphatic heterocycles. The number of morpholine rings is 1. The summed E-state index contributed by atoms with van der Waals surface area (Å²) in [5, 5.41) is 2.85. The van der Waals surface area contributed by atoms with Gasteiger partial charge in [-0.05, 0) is 36.2 Å². The number of para-hydroxylation sites is 1. The molecule has 0 aromatic heterocycles. The zero-order valence-electron chi connectivity index (χ0n) is 16.2. The highest BCUT2D eigenvalue weighted by Gasteiger charge is 2.25. The van der Waals surface area contributed by atoms with Gasteiger partial charge in [0.05, 0.1) is 31.1 Å². The minimum Gasteiger partial charge on any atom is -0.493 e. The summed E-state index contributed by atoms with van der Waals surface area (Å²) in [6, 6.07) is 16.2. The molecule has 0 aliphatic carbocycles.